The van der Waals surface area contributed by atoms with Crippen molar-refractivity contribution in [1.29, 1.82) is 0 Å². The molecule has 0 saturated heterocycles. The molecule has 2 atom stereocenters. The van der Waals surface area contributed by atoms with Crippen molar-refractivity contribution < 1.29 is 4.74 Å². The van der Waals surface area contributed by atoms with E-state index in [9.17, 15) is 0 Å². The summed E-state index contributed by atoms with van der Waals surface area (Å²) in [6.07, 6.45) is 5.14. The molecule has 94 valence electrons. The van der Waals surface area contributed by atoms with E-state index in [1.807, 2.05) is 0 Å². The van der Waals surface area contributed by atoms with Gasteiger partial charge in [0.15, 0.2) is 0 Å². The molecule has 0 heterocycles. The highest BCUT2D eigenvalue weighted by atomic mass is 16.5. The van der Waals surface area contributed by atoms with Gasteiger partial charge in [0, 0.05) is 7.11 Å². The van der Waals surface area contributed by atoms with E-state index in [0.29, 0.717) is 0 Å². The van der Waals surface area contributed by atoms with Gasteiger partial charge in [-0.1, -0.05) is 37.6 Å². The Morgan fingerprint density at radius 1 is 1.29 bits per heavy atom. The molecule has 1 aromatic carbocycles. The lowest BCUT2D eigenvalue weighted by molar-refractivity contribution is 0.0772. The molecule has 1 aliphatic rings. The number of benzene rings is 1. The van der Waals surface area contributed by atoms with Crippen LogP contribution in [-0.4, -0.2) is 13.2 Å². The third-order valence-corrected chi connectivity index (χ3v) is 4.00. The molecule has 0 spiro atoms. The molecule has 17 heavy (non-hydrogen) atoms. The Hall–Kier alpha value is -0.860. The zero-order valence-electron chi connectivity index (χ0n) is 10.9. The van der Waals surface area contributed by atoms with E-state index in [0.717, 1.165) is 12.3 Å². The van der Waals surface area contributed by atoms with Crippen molar-refractivity contribution in [3.05, 3.63) is 35.4 Å². The minimum atomic E-state index is -0.0135. The number of nitrogens with two attached hydrogens (primary N) is 1. The van der Waals surface area contributed by atoms with Crippen LogP contribution in [0.25, 0.3) is 0 Å². The summed E-state index contributed by atoms with van der Waals surface area (Å²) >= 11 is 0. The van der Waals surface area contributed by atoms with Gasteiger partial charge in [0.2, 0.25) is 0 Å². The van der Waals surface area contributed by atoms with E-state index in [4.69, 9.17) is 10.5 Å². The minimum Gasteiger partial charge on any atom is -0.379 e. The first-order valence-electron chi connectivity index (χ1n) is 6.64. The van der Waals surface area contributed by atoms with Crippen LogP contribution in [0.5, 0.6) is 0 Å². The fourth-order valence-electron chi connectivity index (χ4n) is 2.51. The number of methoxy groups -OCH3 is 1. The number of hydrogen-bond acceptors (Lipinski definition) is 2. The molecular formula is C15H23NO. The number of ether oxygens (including phenoxy) is 1. The highest BCUT2D eigenvalue weighted by Gasteiger charge is 2.21. The van der Waals surface area contributed by atoms with Crippen LogP contribution in [0.1, 0.15) is 55.7 Å². The Labute approximate surface area is 104 Å². The maximum Gasteiger partial charge on any atom is 0.0761 e. The summed E-state index contributed by atoms with van der Waals surface area (Å²) < 4.78 is 5.40. The molecule has 1 aromatic rings. The molecule has 1 aliphatic carbocycles. The molecule has 0 aliphatic heterocycles. The lowest BCUT2D eigenvalue weighted by Gasteiger charge is -2.27. The van der Waals surface area contributed by atoms with Crippen LogP contribution in [0.2, 0.25) is 0 Å². The molecule has 0 aromatic heterocycles. The summed E-state index contributed by atoms with van der Waals surface area (Å²) in [4.78, 5) is 0. The number of hydrogen-bond donors (Lipinski definition) is 1. The topological polar surface area (TPSA) is 35.2 Å². The first-order valence-corrected chi connectivity index (χ1v) is 6.64. The van der Waals surface area contributed by atoms with Gasteiger partial charge >= 0.3 is 0 Å². The second kappa shape index (κ2) is 5.65. The van der Waals surface area contributed by atoms with Crippen molar-refractivity contribution in [1.82, 2.24) is 0 Å². The quantitative estimate of drug-likeness (QED) is 0.846. The third kappa shape index (κ3) is 2.70. The van der Waals surface area contributed by atoms with Gasteiger partial charge in [-0.3, -0.25) is 0 Å². The van der Waals surface area contributed by atoms with E-state index in [1.165, 1.54) is 30.4 Å². The first-order chi connectivity index (χ1) is 8.26. The Morgan fingerprint density at radius 2 is 1.94 bits per heavy atom. The van der Waals surface area contributed by atoms with Crippen LogP contribution in [0.3, 0.4) is 0 Å². The van der Waals surface area contributed by atoms with E-state index < -0.39 is 0 Å². The smallest absolute Gasteiger partial charge is 0.0761 e. The summed E-state index contributed by atoms with van der Waals surface area (Å²) in [5.74, 6) is 0.796. The van der Waals surface area contributed by atoms with Gasteiger partial charge in [-0.15, -0.1) is 0 Å². The minimum absolute atomic E-state index is 0.0135. The van der Waals surface area contributed by atoms with E-state index in [2.05, 4.69) is 31.2 Å². The molecule has 0 bridgehead atoms. The fourth-order valence-corrected chi connectivity index (χ4v) is 2.51. The van der Waals surface area contributed by atoms with E-state index in [-0.39, 0.29) is 12.1 Å². The predicted octanol–water partition coefficient (Wildman–Crippen LogP) is 3.38. The normalized spacial score (nSPS) is 19.7. The summed E-state index contributed by atoms with van der Waals surface area (Å²) in [7, 11) is 1.73. The predicted molar refractivity (Wildman–Crippen MR) is 71.1 cm³/mol. The van der Waals surface area contributed by atoms with E-state index in [1.54, 1.807) is 7.11 Å². The van der Waals surface area contributed by atoms with Gasteiger partial charge in [0.1, 0.15) is 0 Å². The zero-order chi connectivity index (χ0) is 12.3. The van der Waals surface area contributed by atoms with Gasteiger partial charge in [0.05, 0.1) is 12.1 Å². The van der Waals surface area contributed by atoms with Gasteiger partial charge in [-0.05, 0) is 36.3 Å². The van der Waals surface area contributed by atoms with Gasteiger partial charge in [0.25, 0.3) is 0 Å². The molecule has 2 heteroatoms. The zero-order valence-corrected chi connectivity index (χ0v) is 10.9. The average molecular weight is 233 g/mol. The fraction of sp³-hybridized carbons (Fsp3) is 0.600. The number of rotatable bonds is 5. The van der Waals surface area contributed by atoms with Crippen molar-refractivity contribution in [2.24, 2.45) is 5.73 Å². The largest absolute Gasteiger partial charge is 0.379 e. The van der Waals surface area contributed by atoms with E-state index >= 15 is 0 Å². The maximum absolute atomic E-state index is 6.21. The van der Waals surface area contributed by atoms with Gasteiger partial charge in [-0.25, -0.2) is 0 Å². The summed E-state index contributed by atoms with van der Waals surface area (Å²) in [6, 6.07) is 8.79. The van der Waals surface area contributed by atoms with Crippen LogP contribution in [0.4, 0.5) is 0 Å². The average Bonchev–Trinajstić information content (AvgIpc) is 2.29. The van der Waals surface area contributed by atoms with Crippen LogP contribution in [0.15, 0.2) is 24.3 Å². The molecule has 0 radical (unpaired) electrons. The van der Waals surface area contributed by atoms with Crippen LogP contribution in [0, 0.1) is 0 Å². The molecule has 2 N–H and O–H groups in total. The molecular weight excluding hydrogens is 210 g/mol. The van der Waals surface area contributed by atoms with Gasteiger partial charge in [-0.2, -0.15) is 0 Å². The Kier molecular flexibility index (Phi) is 4.19. The SMILES string of the molecule is CCC(OC)C(N)c1ccc(C2CCC2)cc1. The second-order valence-corrected chi connectivity index (χ2v) is 5.00. The summed E-state index contributed by atoms with van der Waals surface area (Å²) in [6.45, 7) is 2.11. The van der Waals surface area contributed by atoms with Crippen molar-refractivity contribution in [3.8, 4) is 0 Å². The van der Waals surface area contributed by atoms with Crippen LogP contribution >= 0.6 is 0 Å². The maximum atomic E-state index is 6.21. The van der Waals surface area contributed by atoms with Crippen molar-refractivity contribution in [3.63, 3.8) is 0 Å². The van der Waals surface area contributed by atoms with Crippen LogP contribution in [-0.2, 0) is 4.74 Å². The second-order valence-electron chi connectivity index (χ2n) is 5.00. The standard InChI is InChI=1S/C15H23NO/c1-3-14(17-2)15(16)13-9-7-12(8-10-13)11-5-4-6-11/h7-11,14-15H,3-6,16H2,1-2H3. The van der Waals surface area contributed by atoms with Crippen molar-refractivity contribution >= 4 is 0 Å². The van der Waals surface area contributed by atoms with Crippen molar-refractivity contribution in [2.75, 3.05) is 7.11 Å². The lowest BCUT2D eigenvalue weighted by atomic mass is 9.79. The highest BCUT2D eigenvalue weighted by Crippen LogP contribution is 2.36. The Bertz CT molecular complexity index is 338. The third-order valence-electron chi connectivity index (χ3n) is 4.00. The Balaban J connectivity index is 2.05. The van der Waals surface area contributed by atoms with Crippen molar-refractivity contribution in [2.45, 2.75) is 50.7 Å². The van der Waals surface area contributed by atoms with Gasteiger partial charge < -0.3 is 10.5 Å². The molecule has 2 unspecified atom stereocenters. The summed E-state index contributed by atoms with van der Waals surface area (Å²) in [5, 5.41) is 0. The first kappa shape index (κ1) is 12.6. The molecule has 1 saturated carbocycles. The Morgan fingerprint density at radius 3 is 2.35 bits per heavy atom. The lowest BCUT2D eigenvalue weighted by Crippen LogP contribution is -2.27. The molecule has 2 rings (SSSR count). The highest BCUT2D eigenvalue weighted by molar-refractivity contribution is 5.28. The monoisotopic (exact) mass is 233 g/mol. The molecule has 1 fully saturated rings. The molecule has 2 nitrogen and oxygen atoms in total. The summed E-state index contributed by atoms with van der Waals surface area (Å²) in [5.41, 5.74) is 8.86. The molecule has 0 amide bonds. The van der Waals surface area contributed by atoms with Crippen LogP contribution < -0.4 is 5.73 Å².